The van der Waals surface area contributed by atoms with Gasteiger partial charge in [0.15, 0.2) is 0 Å². The SMILES string of the molecule is N#Cc1ccc(N2CCC3(CC2)CN(C(=O)c2ccoc2)CC3CO)cc1C(F)(F)F. The van der Waals surface area contributed by atoms with Crippen LogP contribution in [0, 0.1) is 22.7 Å². The van der Waals surface area contributed by atoms with Crippen LogP contribution in [0.2, 0.25) is 0 Å². The highest BCUT2D eigenvalue weighted by molar-refractivity contribution is 5.94. The van der Waals surface area contributed by atoms with Crippen molar-refractivity contribution in [3.8, 4) is 6.07 Å². The van der Waals surface area contributed by atoms with Crippen molar-refractivity contribution < 1.29 is 27.5 Å². The highest BCUT2D eigenvalue weighted by atomic mass is 19.4. The Morgan fingerprint density at radius 3 is 2.61 bits per heavy atom. The van der Waals surface area contributed by atoms with Gasteiger partial charge < -0.3 is 19.3 Å². The fourth-order valence-electron chi connectivity index (χ4n) is 4.85. The highest BCUT2D eigenvalue weighted by Crippen LogP contribution is 2.46. The first kappa shape index (κ1) is 21.2. The number of carbonyl (C=O) groups is 1. The zero-order chi connectivity index (χ0) is 22.2. The first-order chi connectivity index (χ1) is 14.8. The van der Waals surface area contributed by atoms with E-state index in [4.69, 9.17) is 9.68 Å². The van der Waals surface area contributed by atoms with Gasteiger partial charge in [0, 0.05) is 44.4 Å². The van der Waals surface area contributed by atoms with E-state index in [9.17, 15) is 23.1 Å². The lowest BCUT2D eigenvalue weighted by Gasteiger charge is -2.43. The molecule has 1 aromatic heterocycles. The van der Waals surface area contributed by atoms with Crippen molar-refractivity contribution in [1.82, 2.24) is 4.90 Å². The van der Waals surface area contributed by atoms with Crippen molar-refractivity contribution in [2.45, 2.75) is 19.0 Å². The van der Waals surface area contributed by atoms with Gasteiger partial charge in [0.05, 0.1) is 29.0 Å². The van der Waals surface area contributed by atoms with Gasteiger partial charge in [-0.05, 0) is 42.5 Å². The van der Waals surface area contributed by atoms with Crippen LogP contribution in [0.3, 0.4) is 0 Å². The van der Waals surface area contributed by atoms with Gasteiger partial charge in [-0.3, -0.25) is 4.79 Å². The summed E-state index contributed by atoms with van der Waals surface area (Å²) in [4.78, 5) is 16.3. The Kier molecular flexibility index (Phi) is 5.43. The summed E-state index contributed by atoms with van der Waals surface area (Å²) in [5.74, 6) is -0.231. The van der Waals surface area contributed by atoms with Crippen molar-refractivity contribution in [3.63, 3.8) is 0 Å². The number of anilines is 1. The number of amides is 1. The second kappa shape index (κ2) is 7.93. The molecule has 0 aliphatic carbocycles. The molecule has 2 aromatic rings. The van der Waals surface area contributed by atoms with E-state index < -0.39 is 17.3 Å². The van der Waals surface area contributed by atoms with Crippen molar-refractivity contribution in [3.05, 3.63) is 53.5 Å². The average molecular weight is 433 g/mol. The number of aliphatic hydroxyl groups excluding tert-OH is 1. The summed E-state index contributed by atoms with van der Waals surface area (Å²) < 4.78 is 44.9. The molecule has 1 N–H and O–H groups in total. The van der Waals surface area contributed by atoms with E-state index in [0.717, 1.165) is 6.07 Å². The maximum absolute atomic E-state index is 13.3. The number of nitriles is 1. The Balaban J connectivity index is 1.50. The third-order valence-electron chi connectivity index (χ3n) is 6.64. The number of furan rings is 1. The topological polar surface area (TPSA) is 80.7 Å². The van der Waals surface area contributed by atoms with Crippen molar-refractivity contribution >= 4 is 11.6 Å². The van der Waals surface area contributed by atoms with Gasteiger partial charge >= 0.3 is 6.18 Å². The lowest BCUT2D eigenvalue weighted by molar-refractivity contribution is -0.137. The van der Waals surface area contributed by atoms with E-state index in [2.05, 4.69) is 0 Å². The van der Waals surface area contributed by atoms with E-state index in [1.165, 1.54) is 18.6 Å². The Morgan fingerprint density at radius 1 is 1.29 bits per heavy atom. The fourth-order valence-corrected chi connectivity index (χ4v) is 4.85. The predicted octanol–water partition coefficient (Wildman–Crippen LogP) is 3.52. The van der Waals surface area contributed by atoms with Crippen molar-refractivity contribution in [2.24, 2.45) is 11.3 Å². The molecule has 3 heterocycles. The third kappa shape index (κ3) is 3.88. The van der Waals surface area contributed by atoms with Gasteiger partial charge in [-0.25, -0.2) is 0 Å². The van der Waals surface area contributed by atoms with Crippen molar-refractivity contribution in [1.29, 1.82) is 5.26 Å². The standard InChI is InChI=1S/C22H22F3N3O3/c23-22(24,25)19-9-18(2-1-15(19)10-26)27-6-4-21(5-7-27)14-28(11-17(21)12-29)20(30)16-3-8-31-13-16/h1-3,8-9,13,17,29H,4-7,11-12,14H2. The van der Waals surface area contributed by atoms with Gasteiger partial charge in [-0.15, -0.1) is 0 Å². The lowest BCUT2D eigenvalue weighted by Crippen LogP contribution is -2.45. The number of halogens is 3. The normalized spacial score (nSPS) is 20.8. The van der Waals surface area contributed by atoms with Gasteiger partial charge in [0.1, 0.15) is 6.26 Å². The number of nitrogens with zero attached hydrogens (tertiary/aromatic N) is 3. The van der Waals surface area contributed by atoms with Gasteiger partial charge in [0.2, 0.25) is 0 Å². The number of benzene rings is 1. The van der Waals surface area contributed by atoms with E-state index in [1.54, 1.807) is 23.1 Å². The summed E-state index contributed by atoms with van der Waals surface area (Å²) in [6, 6.07) is 6.99. The van der Waals surface area contributed by atoms with Gasteiger partial charge in [-0.2, -0.15) is 18.4 Å². The van der Waals surface area contributed by atoms with E-state index >= 15 is 0 Å². The van der Waals surface area contributed by atoms with Crippen LogP contribution in [0.25, 0.3) is 0 Å². The predicted molar refractivity (Wildman–Crippen MR) is 105 cm³/mol. The summed E-state index contributed by atoms with van der Waals surface area (Å²) in [6.07, 6.45) is -0.468. The van der Waals surface area contributed by atoms with Crippen molar-refractivity contribution in [2.75, 3.05) is 37.7 Å². The van der Waals surface area contributed by atoms with E-state index in [1.807, 2.05) is 4.90 Å². The van der Waals surface area contributed by atoms with Crippen LogP contribution < -0.4 is 4.90 Å². The molecule has 0 saturated carbocycles. The summed E-state index contributed by atoms with van der Waals surface area (Å²) in [7, 11) is 0. The monoisotopic (exact) mass is 433 g/mol. The molecule has 2 aliphatic heterocycles. The molecule has 1 aromatic carbocycles. The van der Waals surface area contributed by atoms with E-state index in [-0.39, 0.29) is 23.8 Å². The number of hydrogen-bond donors (Lipinski definition) is 1. The Hall–Kier alpha value is -2.99. The smallest absolute Gasteiger partial charge is 0.417 e. The minimum atomic E-state index is -4.60. The van der Waals surface area contributed by atoms with Gasteiger partial charge in [0.25, 0.3) is 5.91 Å². The Morgan fingerprint density at radius 2 is 2.03 bits per heavy atom. The maximum Gasteiger partial charge on any atom is 0.417 e. The molecule has 0 bridgehead atoms. The zero-order valence-corrected chi connectivity index (χ0v) is 16.7. The quantitative estimate of drug-likeness (QED) is 0.801. The molecule has 2 aliphatic rings. The summed E-state index contributed by atoms with van der Waals surface area (Å²) in [5, 5.41) is 18.9. The third-order valence-corrected chi connectivity index (χ3v) is 6.64. The largest absolute Gasteiger partial charge is 0.472 e. The second-order valence-electron chi connectivity index (χ2n) is 8.27. The summed E-state index contributed by atoms with van der Waals surface area (Å²) >= 11 is 0. The minimum Gasteiger partial charge on any atom is -0.472 e. The molecule has 2 saturated heterocycles. The molecular weight excluding hydrogens is 411 g/mol. The molecule has 6 nitrogen and oxygen atoms in total. The lowest BCUT2D eigenvalue weighted by atomic mass is 9.71. The van der Waals surface area contributed by atoms with Crippen LogP contribution in [0.1, 0.15) is 34.3 Å². The number of hydrogen-bond acceptors (Lipinski definition) is 5. The van der Waals surface area contributed by atoms with Crippen LogP contribution in [-0.4, -0.2) is 48.7 Å². The molecule has 1 atom stereocenters. The molecule has 1 spiro atoms. The molecule has 1 amide bonds. The molecule has 0 radical (unpaired) electrons. The summed E-state index contributed by atoms with van der Waals surface area (Å²) in [5.41, 5.74) is -0.716. The maximum atomic E-state index is 13.3. The van der Waals surface area contributed by atoms with Crippen LogP contribution in [0.5, 0.6) is 0 Å². The molecule has 9 heteroatoms. The first-order valence-corrected chi connectivity index (χ1v) is 10.1. The molecule has 1 unspecified atom stereocenters. The number of likely N-dealkylation sites (tertiary alicyclic amines) is 1. The molecule has 4 rings (SSSR count). The highest BCUT2D eigenvalue weighted by Gasteiger charge is 2.49. The molecule has 164 valence electrons. The second-order valence-corrected chi connectivity index (χ2v) is 8.27. The number of alkyl halides is 3. The molecule has 2 fully saturated rings. The number of aliphatic hydroxyl groups is 1. The molecule has 31 heavy (non-hydrogen) atoms. The molecular formula is C22H22F3N3O3. The fraction of sp³-hybridized carbons (Fsp3) is 0.455. The average Bonchev–Trinajstić information content (AvgIpc) is 3.41. The van der Waals surface area contributed by atoms with Crippen LogP contribution >= 0.6 is 0 Å². The van der Waals surface area contributed by atoms with Crippen LogP contribution in [0.15, 0.2) is 41.2 Å². The van der Waals surface area contributed by atoms with Gasteiger partial charge in [-0.1, -0.05) is 0 Å². The van der Waals surface area contributed by atoms with Crippen LogP contribution in [0.4, 0.5) is 18.9 Å². The Bertz CT molecular complexity index is 990. The first-order valence-electron chi connectivity index (χ1n) is 10.1. The van der Waals surface area contributed by atoms with Crippen LogP contribution in [-0.2, 0) is 6.18 Å². The minimum absolute atomic E-state index is 0.0513. The number of piperidine rings is 1. The number of rotatable bonds is 3. The van der Waals surface area contributed by atoms with E-state index in [0.29, 0.717) is 50.3 Å². The number of carbonyl (C=O) groups excluding carboxylic acids is 1. The summed E-state index contributed by atoms with van der Waals surface area (Å²) in [6.45, 7) is 1.90. The zero-order valence-electron chi connectivity index (χ0n) is 16.7. The Labute approximate surface area is 177 Å².